The lowest BCUT2D eigenvalue weighted by Gasteiger charge is -2.12. The maximum atomic E-state index is 12.7. The van der Waals surface area contributed by atoms with Crippen molar-refractivity contribution in [2.45, 2.75) is 11.8 Å². The molecule has 0 heterocycles. The van der Waals surface area contributed by atoms with Crippen molar-refractivity contribution in [1.29, 1.82) is 0 Å². The summed E-state index contributed by atoms with van der Waals surface area (Å²) in [4.78, 5) is 36.3. The van der Waals surface area contributed by atoms with Crippen LogP contribution in [0.1, 0.15) is 38.0 Å². The fourth-order valence-electron chi connectivity index (χ4n) is 2.45. The van der Waals surface area contributed by atoms with E-state index >= 15 is 0 Å². The van der Waals surface area contributed by atoms with Gasteiger partial charge in [-0.15, -0.1) is 0 Å². The molecule has 2 aromatic carbocycles. The van der Waals surface area contributed by atoms with Crippen molar-refractivity contribution < 1.29 is 32.3 Å². The Morgan fingerprint density at radius 1 is 0.929 bits per heavy atom. The van der Waals surface area contributed by atoms with E-state index < -0.39 is 27.7 Å². The number of esters is 2. The third-order valence-electron chi connectivity index (χ3n) is 3.88. The second-order valence-corrected chi connectivity index (χ2v) is 7.88. The van der Waals surface area contributed by atoms with Gasteiger partial charge in [0.1, 0.15) is 0 Å². The summed E-state index contributed by atoms with van der Waals surface area (Å²) in [5.74, 6) is -2.29. The van der Waals surface area contributed by atoms with E-state index in [0.717, 1.165) is 0 Å². The zero-order valence-electron chi connectivity index (χ0n) is 15.5. The first-order valence-corrected chi connectivity index (χ1v) is 9.83. The zero-order chi connectivity index (χ0) is 20.9. The molecule has 148 valence electrons. The van der Waals surface area contributed by atoms with Crippen LogP contribution in [-0.4, -0.2) is 46.2 Å². The van der Waals surface area contributed by atoms with E-state index in [2.05, 4.69) is 14.8 Å². The van der Waals surface area contributed by atoms with Crippen LogP contribution in [0.25, 0.3) is 0 Å². The summed E-state index contributed by atoms with van der Waals surface area (Å²) in [5.41, 5.74) is 0.106. The molecule has 0 aliphatic rings. The van der Waals surface area contributed by atoms with Gasteiger partial charge in [-0.1, -0.05) is 19.1 Å². The minimum Gasteiger partial charge on any atom is -0.465 e. The summed E-state index contributed by atoms with van der Waals surface area (Å²) in [6.07, 6.45) is 0. The van der Waals surface area contributed by atoms with Crippen molar-refractivity contribution in [3.05, 3.63) is 59.2 Å². The number of nitrogens with one attached hydrogen (secondary N) is 1. The zero-order valence-corrected chi connectivity index (χ0v) is 16.3. The first-order valence-electron chi connectivity index (χ1n) is 8.18. The number of carbonyl (C=O) groups excluding carboxylic acids is 3. The van der Waals surface area contributed by atoms with Crippen LogP contribution in [0.5, 0.6) is 0 Å². The maximum absolute atomic E-state index is 12.7. The van der Waals surface area contributed by atoms with Crippen LogP contribution in [0.2, 0.25) is 0 Å². The maximum Gasteiger partial charge on any atom is 0.337 e. The molecule has 0 aliphatic heterocycles. The molecule has 0 saturated carbocycles. The van der Waals surface area contributed by atoms with Crippen molar-refractivity contribution in [2.24, 2.45) is 0 Å². The predicted molar refractivity (Wildman–Crippen MR) is 101 cm³/mol. The summed E-state index contributed by atoms with van der Waals surface area (Å²) in [5, 5.41) is 2.51. The van der Waals surface area contributed by atoms with Crippen molar-refractivity contribution >= 4 is 33.4 Å². The lowest BCUT2D eigenvalue weighted by atomic mass is 10.1. The molecule has 0 atom stereocenters. The minimum atomic E-state index is -3.63. The van der Waals surface area contributed by atoms with E-state index in [4.69, 9.17) is 0 Å². The molecular weight excluding hydrogens is 386 g/mol. The van der Waals surface area contributed by atoms with E-state index in [-0.39, 0.29) is 33.0 Å². The Morgan fingerprint density at radius 3 is 1.96 bits per heavy atom. The monoisotopic (exact) mass is 405 g/mol. The summed E-state index contributed by atoms with van der Waals surface area (Å²) < 4.78 is 33.8. The number of methoxy groups -OCH3 is 2. The first-order chi connectivity index (χ1) is 13.2. The highest BCUT2D eigenvalue weighted by Crippen LogP contribution is 2.21. The van der Waals surface area contributed by atoms with Gasteiger partial charge in [-0.05, 0) is 30.3 Å². The fraction of sp³-hybridized carbons (Fsp3) is 0.211. The van der Waals surface area contributed by atoms with Crippen LogP contribution < -0.4 is 5.32 Å². The van der Waals surface area contributed by atoms with Gasteiger partial charge in [-0.25, -0.2) is 18.0 Å². The number of hydrogen-bond donors (Lipinski definition) is 1. The van der Waals surface area contributed by atoms with Crippen LogP contribution >= 0.6 is 0 Å². The van der Waals surface area contributed by atoms with E-state index in [1.54, 1.807) is 0 Å². The van der Waals surface area contributed by atoms with Gasteiger partial charge in [0.05, 0.1) is 41.6 Å². The molecule has 0 radical (unpaired) electrons. The van der Waals surface area contributed by atoms with E-state index in [1.807, 2.05) is 0 Å². The minimum absolute atomic E-state index is 0.0233. The first kappa shape index (κ1) is 21.1. The molecule has 0 aliphatic carbocycles. The van der Waals surface area contributed by atoms with Crippen molar-refractivity contribution in [1.82, 2.24) is 0 Å². The highest BCUT2D eigenvalue weighted by molar-refractivity contribution is 7.91. The summed E-state index contributed by atoms with van der Waals surface area (Å²) in [6, 6.07) is 9.67. The number of carbonyl (C=O) groups is 3. The number of sulfone groups is 1. The molecule has 0 bridgehead atoms. The van der Waals surface area contributed by atoms with Crippen LogP contribution in [0, 0.1) is 0 Å². The summed E-state index contributed by atoms with van der Waals surface area (Å²) >= 11 is 0. The van der Waals surface area contributed by atoms with Gasteiger partial charge >= 0.3 is 11.9 Å². The van der Waals surface area contributed by atoms with Gasteiger partial charge in [0.25, 0.3) is 5.91 Å². The topological polar surface area (TPSA) is 116 Å². The van der Waals surface area contributed by atoms with Crippen LogP contribution in [0.4, 0.5) is 5.69 Å². The summed E-state index contributed by atoms with van der Waals surface area (Å²) in [7, 11) is -1.27. The Morgan fingerprint density at radius 2 is 1.46 bits per heavy atom. The van der Waals surface area contributed by atoms with Crippen LogP contribution in [0.3, 0.4) is 0 Å². The van der Waals surface area contributed by atoms with Gasteiger partial charge in [0, 0.05) is 5.69 Å². The Labute approximate surface area is 162 Å². The van der Waals surface area contributed by atoms with Gasteiger partial charge in [0.15, 0.2) is 9.84 Å². The quantitative estimate of drug-likeness (QED) is 0.733. The smallest absolute Gasteiger partial charge is 0.337 e. The Kier molecular flexibility index (Phi) is 6.53. The summed E-state index contributed by atoms with van der Waals surface area (Å²) in [6.45, 7) is 1.48. The number of rotatable bonds is 6. The number of amides is 1. The molecule has 1 N–H and O–H groups in total. The predicted octanol–water partition coefficient (Wildman–Crippen LogP) is 2.31. The molecule has 2 rings (SSSR count). The molecule has 1 amide bonds. The van der Waals surface area contributed by atoms with Gasteiger partial charge in [-0.3, -0.25) is 4.79 Å². The lowest BCUT2D eigenvalue weighted by Crippen LogP contribution is -2.18. The fourth-order valence-corrected chi connectivity index (χ4v) is 3.54. The molecule has 0 saturated heterocycles. The Bertz CT molecular complexity index is 994. The Hall–Kier alpha value is -3.20. The SMILES string of the molecule is CCS(=O)(=O)c1ccccc1C(=O)Nc1cc(C(=O)OC)cc(C(=O)OC)c1. The molecule has 0 fully saturated rings. The van der Waals surface area contributed by atoms with E-state index in [0.29, 0.717) is 0 Å². The third-order valence-corrected chi connectivity index (χ3v) is 5.67. The van der Waals surface area contributed by atoms with E-state index in [1.165, 1.54) is 63.6 Å². The number of ether oxygens (including phenoxy) is 2. The standard InChI is InChI=1S/C19H19NO7S/c1-4-28(24,25)16-8-6-5-7-15(16)17(21)20-14-10-12(18(22)26-2)9-13(11-14)19(23)27-3/h5-11H,4H2,1-3H3,(H,20,21). The van der Waals surface area contributed by atoms with E-state index in [9.17, 15) is 22.8 Å². The Balaban J connectivity index is 2.47. The number of hydrogen-bond acceptors (Lipinski definition) is 7. The van der Waals surface area contributed by atoms with Crippen LogP contribution in [0.15, 0.2) is 47.4 Å². The molecule has 0 spiro atoms. The van der Waals surface area contributed by atoms with Crippen molar-refractivity contribution in [3.8, 4) is 0 Å². The van der Waals surface area contributed by atoms with Crippen molar-refractivity contribution in [3.63, 3.8) is 0 Å². The highest BCUT2D eigenvalue weighted by atomic mass is 32.2. The molecule has 28 heavy (non-hydrogen) atoms. The van der Waals surface area contributed by atoms with Crippen molar-refractivity contribution in [2.75, 3.05) is 25.3 Å². The van der Waals surface area contributed by atoms with Gasteiger partial charge in [-0.2, -0.15) is 0 Å². The normalized spacial score (nSPS) is 10.8. The second kappa shape index (κ2) is 8.66. The van der Waals surface area contributed by atoms with Gasteiger partial charge < -0.3 is 14.8 Å². The number of benzene rings is 2. The third kappa shape index (κ3) is 4.55. The molecule has 0 aromatic heterocycles. The molecule has 8 nitrogen and oxygen atoms in total. The molecule has 0 unspecified atom stereocenters. The lowest BCUT2D eigenvalue weighted by molar-refractivity contribution is 0.0599. The van der Waals surface area contributed by atoms with Gasteiger partial charge in [0.2, 0.25) is 0 Å². The average molecular weight is 405 g/mol. The second-order valence-electron chi connectivity index (χ2n) is 5.64. The van der Waals surface area contributed by atoms with Crippen LogP contribution in [-0.2, 0) is 19.3 Å². The molecule has 2 aromatic rings. The molecular formula is C19H19NO7S. The number of anilines is 1. The highest BCUT2D eigenvalue weighted by Gasteiger charge is 2.21. The molecule has 9 heteroatoms. The largest absolute Gasteiger partial charge is 0.465 e. The average Bonchev–Trinajstić information content (AvgIpc) is 2.72.